The van der Waals surface area contributed by atoms with E-state index in [9.17, 15) is 21.6 Å². The van der Waals surface area contributed by atoms with Gasteiger partial charge in [-0.2, -0.15) is 0 Å². The molecule has 0 bridgehead atoms. The maximum atomic E-state index is 13.4. The van der Waals surface area contributed by atoms with Gasteiger partial charge in [-0.1, -0.05) is 60.7 Å². The van der Waals surface area contributed by atoms with Crippen LogP contribution < -0.4 is 15.4 Å². The van der Waals surface area contributed by atoms with Crippen molar-refractivity contribution in [3.05, 3.63) is 96.3 Å². The zero-order chi connectivity index (χ0) is 27.4. The Morgan fingerprint density at radius 3 is 2.05 bits per heavy atom. The number of nitrogens with zero attached hydrogens (tertiary/aromatic N) is 1. The first kappa shape index (κ1) is 29.3. The zero-order valence-corrected chi connectivity index (χ0v) is 22.9. The summed E-state index contributed by atoms with van der Waals surface area (Å²) >= 11 is 0. The third-order valence-electron chi connectivity index (χ3n) is 5.79. The summed E-state index contributed by atoms with van der Waals surface area (Å²) in [5.41, 5.74) is 2.47. The number of aromatic nitrogens is 1. The molecule has 2 atom stereocenters. The predicted molar refractivity (Wildman–Crippen MR) is 150 cm³/mol. The van der Waals surface area contributed by atoms with Gasteiger partial charge in [0, 0.05) is 36.9 Å². The first-order valence-corrected chi connectivity index (χ1v) is 16.0. The number of benzene rings is 2. The smallest absolute Gasteiger partial charge is 0.238 e. The van der Waals surface area contributed by atoms with E-state index in [-0.39, 0.29) is 24.0 Å². The van der Waals surface area contributed by atoms with Gasteiger partial charge in [-0.15, -0.1) is 0 Å². The Balaban J connectivity index is 1.73. The number of anilines is 1. The van der Waals surface area contributed by atoms with Gasteiger partial charge in [-0.05, 0) is 42.5 Å². The number of carbonyl (C=O) groups excluding carboxylic acids is 1. The summed E-state index contributed by atoms with van der Waals surface area (Å²) in [7, 11) is -7.34. The molecule has 38 heavy (non-hydrogen) atoms. The van der Waals surface area contributed by atoms with Crippen molar-refractivity contribution in [1.29, 1.82) is 0 Å². The van der Waals surface area contributed by atoms with Crippen molar-refractivity contribution >= 4 is 31.5 Å². The molecule has 0 aliphatic rings. The molecule has 3 rings (SSSR count). The Bertz CT molecular complexity index is 1350. The first-order chi connectivity index (χ1) is 18.1. The highest BCUT2D eigenvalue weighted by Gasteiger charge is 2.27. The average molecular weight is 559 g/mol. The normalized spacial score (nSPS) is 13.4. The van der Waals surface area contributed by atoms with E-state index in [2.05, 4.69) is 20.3 Å². The van der Waals surface area contributed by atoms with Crippen molar-refractivity contribution in [2.24, 2.45) is 0 Å². The van der Waals surface area contributed by atoms with E-state index < -0.39 is 31.8 Å². The van der Waals surface area contributed by atoms with Crippen molar-refractivity contribution in [2.75, 3.05) is 23.9 Å². The molecule has 0 fully saturated rings. The second kappa shape index (κ2) is 14.0. The monoisotopic (exact) mass is 558 g/mol. The van der Waals surface area contributed by atoms with Crippen LogP contribution in [0.25, 0.3) is 0 Å². The lowest BCUT2D eigenvalue weighted by Gasteiger charge is -2.24. The quantitative estimate of drug-likeness (QED) is 0.261. The van der Waals surface area contributed by atoms with Gasteiger partial charge in [0.15, 0.2) is 0 Å². The summed E-state index contributed by atoms with van der Waals surface area (Å²) in [6.07, 6.45) is 5.33. The van der Waals surface area contributed by atoms with Crippen molar-refractivity contribution in [3.63, 3.8) is 0 Å². The Labute approximate surface area is 225 Å². The van der Waals surface area contributed by atoms with Crippen LogP contribution in [0.4, 0.5) is 5.69 Å². The van der Waals surface area contributed by atoms with Gasteiger partial charge in [0.1, 0.15) is 15.9 Å². The molecule has 0 spiro atoms. The Morgan fingerprint density at radius 1 is 0.842 bits per heavy atom. The van der Waals surface area contributed by atoms with Crippen LogP contribution in [0.3, 0.4) is 0 Å². The zero-order valence-electron chi connectivity index (χ0n) is 21.3. The lowest BCUT2D eigenvalue weighted by Crippen LogP contribution is -2.51. The van der Waals surface area contributed by atoms with Gasteiger partial charge in [-0.25, -0.2) is 21.6 Å². The average Bonchev–Trinajstić information content (AvgIpc) is 2.87. The van der Waals surface area contributed by atoms with Crippen molar-refractivity contribution in [1.82, 2.24) is 15.0 Å². The molecule has 2 aromatic carbocycles. The van der Waals surface area contributed by atoms with Gasteiger partial charge < -0.3 is 10.6 Å². The third-order valence-corrected chi connectivity index (χ3v) is 8.12. The maximum Gasteiger partial charge on any atom is 0.238 e. The number of rotatable bonds is 15. The van der Waals surface area contributed by atoms with Gasteiger partial charge in [0.05, 0.1) is 11.5 Å². The van der Waals surface area contributed by atoms with E-state index in [1.807, 2.05) is 42.5 Å². The van der Waals surface area contributed by atoms with Crippen LogP contribution in [0.15, 0.2) is 85.2 Å². The van der Waals surface area contributed by atoms with Crippen molar-refractivity contribution < 1.29 is 21.6 Å². The van der Waals surface area contributed by atoms with Crippen LogP contribution >= 0.6 is 0 Å². The maximum absolute atomic E-state index is 13.4. The lowest BCUT2D eigenvalue weighted by atomic mass is 10.0. The molecule has 1 amide bonds. The highest BCUT2D eigenvalue weighted by Crippen LogP contribution is 2.11. The molecule has 0 aliphatic heterocycles. The number of sulfonamides is 1. The molecule has 204 valence electrons. The highest BCUT2D eigenvalue weighted by atomic mass is 32.2. The van der Waals surface area contributed by atoms with E-state index in [1.165, 1.54) is 0 Å². The third kappa shape index (κ3) is 11.0. The molecule has 1 aromatic heterocycles. The Hall–Kier alpha value is -3.28. The number of hydrogen-bond donors (Lipinski definition) is 3. The van der Waals surface area contributed by atoms with E-state index >= 15 is 0 Å². The van der Waals surface area contributed by atoms with Gasteiger partial charge in [0.2, 0.25) is 15.9 Å². The van der Waals surface area contributed by atoms with Gasteiger partial charge in [-0.3, -0.25) is 9.78 Å². The molecule has 0 radical (unpaired) electrons. The highest BCUT2D eigenvalue weighted by molar-refractivity contribution is 7.90. The minimum atomic E-state index is -3.92. The number of sulfone groups is 1. The molecule has 1 heterocycles. The molecule has 9 nitrogen and oxygen atoms in total. The lowest BCUT2D eigenvalue weighted by molar-refractivity contribution is -0.123. The Morgan fingerprint density at radius 2 is 1.45 bits per heavy atom. The summed E-state index contributed by atoms with van der Waals surface area (Å²) in [5.74, 6) is -1.21. The number of carbonyl (C=O) groups is 1. The first-order valence-electron chi connectivity index (χ1n) is 12.3. The molecule has 0 aliphatic carbocycles. The van der Waals surface area contributed by atoms with E-state index in [1.54, 1.807) is 42.7 Å². The largest absolute Gasteiger partial charge is 0.385 e. The summed E-state index contributed by atoms with van der Waals surface area (Å²) < 4.78 is 51.9. The van der Waals surface area contributed by atoms with Gasteiger partial charge in [0.25, 0.3) is 0 Å². The molecule has 0 saturated heterocycles. The fourth-order valence-corrected chi connectivity index (χ4v) is 5.95. The standard InChI is InChI=1S/C27H34N4O5S2/c1-37(33,34)19-15-26(31-38(35,36)21-23-10-6-3-7-11-23)27(32)30-25(20-22-8-4-2-5-9-22)14-18-29-24-12-16-28-17-13-24/h2-13,16-17,25-26,31H,14-15,18-21H2,1H3,(H,28,29)(H,30,32)/t25-,26?/m1/s1. The summed E-state index contributed by atoms with van der Waals surface area (Å²) in [6, 6.07) is 20.4. The minimum Gasteiger partial charge on any atom is -0.385 e. The second-order valence-electron chi connectivity index (χ2n) is 9.18. The Kier molecular flexibility index (Phi) is 10.8. The predicted octanol–water partition coefficient (Wildman–Crippen LogP) is 2.53. The second-order valence-corrected chi connectivity index (χ2v) is 13.2. The number of pyridine rings is 1. The van der Waals surface area contributed by atoms with Crippen molar-refractivity contribution in [2.45, 2.75) is 37.1 Å². The summed E-state index contributed by atoms with van der Waals surface area (Å²) in [4.78, 5) is 17.4. The molecule has 1 unspecified atom stereocenters. The van der Waals surface area contributed by atoms with E-state index in [0.717, 1.165) is 17.5 Å². The van der Waals surface area contributed by atoms with Crippen LogP contribution in [0.1, 0.15) is 24.0 Å². The summed E-state index contributed by atoms with van der Waals surface area (Å²) in [6.45, 7) is 0.551. The molecular formula is C27H34N4O5S2. The molecule has 3 aromatic rings. The molecule has 0 saturated carbocycles. The minimum absolute atomic E-state index is 0.175. The molecular weight excluding hydrogens is 524 g/mol. The van der Waals surface area contributed by atoms with Crippen molar-refractivity contribution in [3.8, 4) is 0 Å². The molecule has 3 N–H and O–H groups in total. The molecule has 11 heteroatoms. The SMILES string of the molecule is CS(=O)(=O)CCC(NS(=O)(=O)Cc1ccccc1)C(=O)N[C@H](CCNc1ccncc1)Cc1ccccc1. The fraction of sp³-hybridized carbons (Fsp3) is 0.333. The van der Waals surface area contributed by atoms with Crippen LogP contribution in [-0.4, -0.2) is 58.4 Å². The van der Waals surface area contributed by atoms with Crippen LogP contribution in [0, 0.1) is 0 Å². The number of amides is 1. The fourth-order valence-electron chi connectivity index (χ4n) is 3.91. The van der Waals surface area contributed by atoms with Crippen LogP contribution in [0.2, 0.25) is 0 Å². The summed E-state index contributed by atoms with van der Waals surface area (Å²) in [5, 5.41) is 6.25. The number of hydrogen-bond acceptors (Lipinski definition) is 7. The number of nitrogens with one attached hydrogen (secondary N) is 3. The van der Waals surface area contributed by atoms with E-state index in [0.29, 0.717) is 24.9 Å². The van der Waals surface area contributed by atoms with Gasteiger partial charge >= 0.3 is 0 Å². The van der Waals surface area contributed by atoms with Crippen LogP contribution in [-0.2, 0) is 36.8 Å². The van der Waals surface area contributed by atoms with E-state index in [4.69, 9.17) is 0 Å². The topological polar surface area (TPSA) is 134 Å². The van der Waals surface area contributed by atoms with Crippen LogP contribution in [0.5, 0.6) is 0 Å².